The highest BCUT2D eigenvalue weighted by atomic mass is 16.7. The first kappa shape index (κ1) is 48.1. The number of ether oxygens (including phenoxy) is 8. The van der Waals surface area contributed by atoms with Crippen LogP contribution in [0.15, 0.2) is 200 Å². The van der Waals surface area contributed by atoms with Gasteiger partial charge in [0.05, 0.1) is 39.6 Å². The van der Waals surface area contributed by atoms with Gasteiger partial charge in [-0.15, -0.1) is 0 Å². The molecular weight excluding hydrogens is 883 g/mol. The van der Waals surface area contributed by atoms with Crippen molar-refractivity contribution in [2.45, 2.75) is 75.7 Å². The summed E-state index contributed by atoms with van der Waals surface area (Å²) in [6.45, 7) is 0.736. The first-order chi connectivity index (χ1) is 34.6. The van der Waals surface area contributed by atoms with E-state index >= 15 is 0 Å². The van der Waals surface area contributed by atoms with Crippen molar-refractivity contribution in [3.8, 4) is 11.1 Å². The van der Waals surface area contributed by atoms with Crippen LogP contribution in [0.2, 0.25) is 0 Å². The molecule has 1 aliphatic carbocycles. The molecule has 7 aromatic rings. The van der Waals surface area contributed by atoms with E-state index in [1.54, 1.807) is 0 Å². The lowest BCUT2D eigenvalue weighted by Gasteiger charge is -2.46. The summed E-state index contributed by atoms with van der Waals surface area (Å²) in [4.78, 5) is 28.0. The van der Waals surface area contributed by atoms with Crippen molar-refractivity contribution in [3.05, 3.63) is 239 Å². The van der Waals surface area contributed by atoms with Gasteiger partial charge >= 0.3 is 12.1 Å². The number of hydrogen-bond donors (Lipinski definition) is 1. The number of carbonyl (C=O) groups is 2. The minimum absolute atomic E-state index is 0.0258. The number of esters is 1. The van der Waals surface area contributed by atoms with E-state index < -0.39 is 48.8 Å². The lowest BCUT2D eigenvalue weighted by atomic mass is 9.97. The molecule has 0 aromatic heterocycles. The van der Waals surface area contributed by atoms with Gasteiger partial charge in [0.25, 0.3) is 0 Å². The quantitative estimate of drug-likeness (QED) is 0.0658. The molecule has 6 atom stereocenters. The number of benzene rings is 7. The summed E-state index contributed by atoms with van der Waals surface area (Å²) in [5.74, 6) is -0.916. The monoisotopic (exact) mass is 939 g/mol. The number of nitrogens with one attached hydrogen (secondary N) is 1. The fourth-order valence-corrected chi connectivity index (χ4v) is 8.85. The molecule has 0 radical (unpaired) electrons. The first-order valence-corrected chi connectivity index (χ1v) is 23.7. The van der Waals surface area contributed by atoms with Crippen LogP contribution in [0.4, 0.5) is 4.79 Å². The van der Waals surface area contributed by atoms with E-state index in [-0.39, 0.29) is 52.2 Å². The number of rotatable bonds is 22. The van der Waals surface area contributed by atoms with Crippen LogP contribution in [0.1, 0.15) is 44.9 Å². The van der Waals surface area contributed by atoms with Gasteiger partial charge in [0.2, 0.25) is 0 Å². The number of carbonyl (C=O) groups excluding carboxylic acids is 2. The number of amides is 1. The number of alkyl carbamates (subject to hydrolysis) is 1. The second kappa shape index (κ2) is 24.5. The molecule has 0 saturated carbocycles. The predicted octanol–water partition coefficient (Wildman–Crippen LogP) is 10.4. The van der Waals surface area contributed by atoms with Gasteiger partial charge in [-0.3, -0.25) is 0 Å². The highest BCUT2D eigenvalue weighted by molar-refractivity contribution is 5.82. The summed E-state index contributed by atoms with van der Waals surface area (Å²) in [5, 5.41) is 2.77. The normalized spacial score (nSPS) is 18.8. The van der Waals surface area contributed by atoms with Gasteiger partial charge in [-0.1, -0.05) is 200 Å². The minimum atomic E-state index is -1.32. The van der Waals surface area contributed by atoms with Crippen LogP contribution in [0, 0.1) is 0 Å². The predicted molar refractivity (Wildman–Crippen MR) is 264 cm³/mol. The van der Waals surface area contributed by atoms with Crippen molar-refractivity contribution in [2.24, 2.45) is 0 Å². The summed E-state index contributed by atoms with van der Waals surface area (Å²) in [6, 6.07) is 63.6. The molecule has 2 aliphatic rings. The minimum Gasteiger partial charge on any atom is -0.459 e. The summed E-state index contributed by atoms with van der Waals surface area (Å²) in [5.41, 5.74) is 8.91. The smallest absolute Gasteiger partial charge is 0.407 e. The fraction of sp³-hybridized carbons (Fsp3) is 0.254. The van der Waals surface area contributed by atoms with Crippen LogP contribution in [-0.4, -0.2) is 68.6 Å². The maximum Gasteiger partial charge on any atom is 0.407 e. The third-order valence-electron chi connectivity index (χ3n) is 12.4. The van der Waals surface area contributed by atoms with E-state index in [4.69, 9.17) is 37.9 Å². The molecule has 0 spiro atoms. The standard InChI is InChI=1S/C59H57NO10/c61-57(67-38-46-28-14-5-15-29-46)52(60-59(62)69-39-51-49-32-18-16-30-47(49)48-31-17-19-33-50(48)51)40-68-58-56(66-37-45-26-12-4-13-27-45)55(65-36-44-24-10-3-11-25-44)54(64-35-43-22-8-2-9-23-43)53(70-58)41-63-34-42-20-6-1-7-21-42/h1-33,51-56,58H,34-41H2,(H,60,62)/t52-,53+,54+,55-,56-,58-/m0/s1. The topological polar surface area (TPSA) is 120 Å². The molecule has 0 unspecified atom stereocenters. The second-order valence-corrected chi connectivity index (χ2v) is 17.3. The van der Waals surface area contributed by atoms with Gasteiger partial charge < -0.3 is 43.2 Å². The molecule has 9 rings (SSSR count). The van der Waals surface area contributed by atoms with Crippen molar-refractivity contribution in [2.75, 3.05) is 19.8 Å². The molecule has 358 valence electrons. The van der Waals surface area contributed by atoms with E-state index in [2.05, 4.69) is 17.4 Å². The SMILES string of the molecule is O=C(N[C@@H](CO[C@H]1O[C@H](COCc2ccccc2)[C@@H](OCc2ccccc2)[C@H](OCc2ccccc2)[C@@H]1OCc1ccccc1)C(=O)OCc1ccccc1)OCC1c2ccccc2-c2ccccc21. The summed E-state index contributed by atoms with van der Waals surface area (Å²) < 4.78 is 52.2. The fourth-order valence-electron chi connectivity index (χ4n) is 8.85. The van der Waals surface area contributed by atoms with Gasteiger partial charge in [-0.25, -0.2) is 9.59 Å². The van der Waals surface area contributed by atoms with Crippen LogP contribution < -0.4 is 5.32 Å². The average Bonchev–Trinajstić information content (AvgIpc) is 3.74. The Labute approximate surface area is 409 Å². The van der Waals surface area contributed by atoms with Gasteiger partial charge in [-0.05, 0) is 50.1 Å². The molecule has 0 bridgehead atoms. The Kier molecular flexibility index (Phi) is 16.9. The Balaban J connectivity index is 0.992. The van der Waals surface area contributed by atoms with Gasteiger partial charge in [0.1, 0.15) is 37.6 Å². The molecule has 1 fully saturated rings. The molecule has 7 aromatic carbocycles. The molecule has 1 saturated heterocycles. The largest absolute Gasteiger partial charge is 0.459 e. The highest BCUT2D eigenvalue weighted by Gasteiger charge is 2.49. The summed E-state index contributed by atoms with van der Waals surface area (Å²) in [6.07, 6.45) is -5.11. The summed E-state index contributed by atoms with van der Waals surface area (Å²) >= 11 is 0. The Morgan fingerprint density at radius 3 is 1.39 bits per heavy atom. The van der Waals surface area contributed by atoms with E-state index in [1.807, 2.05) is 188 Å². The van der Waals surface area contributed by atoms with Crippen molar-refractivity contribution >= 4 is 12.1 Å². The zero-order valence-corrected chi connectivity index (χ0v) is 38.8. The maximum atomic E-state index is 14.1. The number of fused-ring (bicyclic) bond motifs is 3. The van der Waals surface area contributed by atoms with Crippen molar-refractivity contribution in [1.82, 2.24) is 5.32 Å². The molecule has 11 nitrogen and oxygen atoms in total. The molecule has 1 amide bonds. The van der Waals surface area contributed by atoms with Crippen LogP contribution in [0.3, 0.4) is 0 Å². The van der Waals surface area contributed by atoms with Crippen LogP contribution in [0.25, 0.3) is 11.1 Å². The van der Waals surface area contributed by atoms with Gasteiger partial charge in [0, 0.05) is 5.92 Å². The maximum absolute atomic E-state index is 14.1. The van der Waals surface area contributed by atoms with Gasteiger partial charge in [0.15, 0.2) is 12.3 Å². The molecule has 11 heteroatoms. The van der Waals surface area contributed by atoms with Crippen LogP contribution in [0.5, 0.6) is 0 Å². The second-order valence-electron chi connectivity index (χ2n) is 17.3. The van der Waals surface area contributed by atoms with Crippen LogP contribution >= 0.6 is 0 Å². The van der Waals surface area contributed by atoms with E-state index in [1.165, 1.54) is 0 Å². The average molecular weight is 940 g/mol. The van der Waals surface area contributed by atoms with Crippen molar-refractivity contribution in [1.29, 1.82) is 0 Å². The lowest BCUT2D eigenvalue weighted by Crippen LogP contribution is -2.62. The Hall–Kier alpha value is -6.96. The van der Waals surface area contributed by atoms with Crippen molar-refractivity contribution < 1.29 is 47.5 Å². The molecule has 70 heavy (non-hydrogen) atoms. The summed E-state index contributed by atoms with van der Waals surface area (Å²) in [7, 11) is 0. The Morgan fingerprint density at radius 1 is 0.443 bits per heavy atom. The van der Waals surface area contributed by atoms with E-state index in [9.17, 15) is 9.59 Å². The van der Waals surface area contributed by atoms with Crippen molar-refractivity contribution in [3.63, 3.8) is 0 Å². The molecule has 1 heterocycles. The van der Waals surface area contributed by atoms with Gasteiger partial charge in [-0.2, -0.15) is 0 Å². The molecular formula is C59H57NO10. The first-order valence-electron chi connectivity index (χ1n) is 23.7. The van der Waals surface area contributed by atoms with E-state index in [0.717, 1.165) is 50.1 Å². The Bertz CT molecular complexity index is 2650. The Morgan fingerprint density at radius 2 is 0.871 bits per heavy atom. The zero-order chi connectivity index (χ0) is 47.7. The number of hydrogen-bond acceptors (Lipinski definition) is 10. The third kappa shape index (κ3) is 12.8. The zero-order valence-electron chi connectivity index (χ0n) is 38.8. The lowest BCUT2D eigenvalue weighted by molar-refractivity contribution is -0.329. The van der Waals surface area contributed by atoms with E-state index in [0.29, 0.717) is 6.61 Å². The van der Waals surface area contributed by atoms with Crippen LogP contribution in [-0.2, 0) is 75.7 Å². The highest BCUT2D eigenvalue weighted by Crippen LogP contribution is 2.44. The third-order valence-corrected chi connectivity index (χ3v) is 12.4. The molecule has 1 N–H and O–H groups in total. The molecule has 1 aliphatic heterocycles.